The summed E-state index contributed by atoms with van der Waals surface area (Å²) >= 11 is 0. The largest absolute Gasteiger partial charge is 0.483 e. The fourth-order valence-corrected chi connectivity index (χ4v) is 5.19. The first-order valence-corrected chi connectivity index (χ1v) is 10.5. The van der Waals surface area contributed by atoms with Crippen LogP contribution in [0.4, 0.5) is 0 Å². The predicted molar refractivity (Wildman–Crippen MR) is 114 cm³/mol. The Hall–Kier alpha value is -1.79. The van der Waals surface area contributed by atoms with Gasteiger partial charge in [0.15, 0.2) is 6.61 Å². The number of fused-ring (bicyclic) bond motifs is 4. The number of carbonyl (C=O) groups excluding carboxylic acids is 2. The van der Waals surface area contributed by atoms with E-state index < -0.39 is 0 Å². The summed E-state index contributed by atoms with van der Waals surface area (Å²) < 4.78 is 5.72. The normalized spacial score (nSPS) is 28.2. The Morgan fingerprint density at radius 2 is 2.07 bits per heavy atom. The van der Waals surface area contributed by atoms with E-state index in [1.54, 1.807) is 0 Å². The maximum atomic E-state index is 12.7. The molecule has 4 atom stereocenters. The molecule has 3 saturated heterocycles. The zero-order valence-electron chi connectivity index (χ0n) is 17.3. The van der Waals surface area contributed by atoms with Gasteiger partial charge in [0.2, 0.25) is 5.91 Å². The van der Waals surface area contributed by atoms with Crippen LogP contribution in [-0.2, 0) is 9.59 Å². The highest BCUT2D eigenvalue weighted by molar-refractivity contribution is 5.85. The van der Waals surface area contributed by atoms with Gasteiger partial charge in [-0.2, -0.15) is 0 Å². The number of halogens is 1. The molecule has 0 saturated carbocycles. The van der Waals surface area contributed by atoms with Gasteiger partial charge in [0.25, 0.3) is 5.91 Å². The minimum Gasteiger partial charge on any atom is -0.483 e. The Balaban J connectivity index is 0.00000240. The van der Waals surface area contributed by atoms with Crippen molar-refractivity contribution in [1.82, 2.24) is 15.5 Å². The van der Waals surface area contributed by atoms with Crippen molar-refractivity contribution in [1.29, 1.82) is 0 Å². The van der Waals surface area contributed by atoms with E-state index in [0.717, 1.165) is 49.2 Å². The molecule has 160 valence electrons. The van der Waals surface area contributed by atoms with Crippen molar-refractivity contribution in [2.75, 3.05) is 26.2 Å². The Morgan fingerprint density at radius 1 is 1.28 bits per heavy atom. The molecule has 3 fully saturated rings. The lowest BCUT2D eigenvalue weighted by Crippen LogP contribution is -2.66. The number of carbonyl (C=O) groups is 2. The molecule has 0 aromatic heterocycles. The highest BCUT2D eigenvalue weighted by atomic mass is 35.5. The molecule has 2 amide bonds. The number of nitrogens with zero attached hydrogens (tertiary/aromatic N) is 1. The number of amides is 2. The van der Waals surface area contributed by atoms with E-state index in [1.807, 2.05) is 32.0 Å². The number of hydrogen-bond donors (Lipinski definition) is 2. The van der Waals surface area contributed by atoms with Gasteiger partial charge >= 0.3 is 0 Å². The van der Waals surface area contributed by atoms with E-state index in [0.29, 0.717) is 30.8 Å². The van der Waals surface area contributed by atoms with E-state index in [1.165, 1.54) is 0 Å². The van der Waals surface area contributed by atoms with Crippen LogP contribution in [-0.4, -0.2) is 55.0 Å². The Bertz CT molecular complexity index is 757. The van der Waals surface area contributed by atoms with E-state index >= 15 is 0 Å². The summed E-state index contributed by atoms with van der Waals surface area (Å²) in [5, 5.41) is 6.56. The van der Waals surface area contributed by atoms with Crippen LogP contribution in [0.1, 0.15) is 36.8 Å². The lowest BCUT2D eigenvalue weighted by Gasteiger charge is -2.54. The zero-order valence-corrected chi connectivity index (χ0v) is 18.1. The van der Waals surface area contributed by atoms with Gasteiger partial charge in [0.1, 0.15) is 5.75 Å². The van der Waals surface area contributed by atoms with Crippen molar-refractivity contribution in [3.63, 3.8) is 0 Å². The Morgan fingerprint density at radius 3 is 2.90 bits per heavy atom. The molecule has 0 unspecified atom stereocenters. The molecule has 3 aliphatic heterocycles. The first kappa shape index (κ1) is 21.9. The fourth-order valence-electron chi connectivity index (χ4n) is 5.19. The van der Waals surface area contributed by atoms with Gasteiger partial charge in [-0.15, -0.1) is 12.4 Å². The molecule has 2 N–H and O–H groups in total. The van der Waals surface area contributed by atoms with Crippen molar-refractivity contribution in [2.45, 2.75) is 51.6 Å². The maximum Gasteiger partial charge on any atom is 0.258 e. The fraction of sp³-hybridized carbons (Fsp3) is 0.636. The van der Waals surface area contributed by atoms with Crippen LogP contribution in [0, 0.1) is 25.7 Å². The Labute approximate surface area is 179 Å². The molecule has 1 aromatic rings. The second-order valence-electron chi connectivity index (χ2n) is 8.53. The van der Waals surface area contributed by atoms with Crippen molar-refractivity contribution >= 4 is 24.2 Å². The number of hydrogen-bond acceptors (Lipinski definition) is 4. The minimum absolute atomic E-state index is 0. The van der Waals surface area contributed by atoms with Crippen LogP contribution in [0.5, 0.6) is 5.75 Å². The molecule has 3 heterocycles. The monoisotopic (exact) mass is 421 g/mol. The molecule has 3 aliphatic rings. The quantitative estimate of drug-likeness (QED) is 0.764. The van der Waals surface area contributed by atoms with Crippen molar-refractivity contribution in [3.8, 4) is 5.75 Å². The second-order valence-corrected chi connectivity index (χ2v) is 8.53. The third-order valence-corrected chi connectivity index (χ3v) is 6.82. The van der Waals surface area contributed by atoms with Crippen LogP contribution < -0.4 is 15.4 Å². The number of benzene rings is 1. The topological polar surface area (TPSA) is 70.7 Å². The van der Waals surface area contributed by atoms with Crippen LogP contribution in [0.2, 0.25) is 0 Å². The molecule has 1 aromatic carbocycles. The standard InChI is InChI=1S/C22H31N3O3.ClH/c1-14-5-3-7-20(15(14)2)28-13-21(26)24-12-19-17-9-16(10-23-11-17)18-6-4-8-22(27)25(18)19;/h3,5,7,16-19,23H,4,6,8-13H2,1-2H3,(H,24,26);1H/t16-,17+,18+,19+;/m1./s1. The van der Waals surface area contributed by atoms with Crippen LogP contribution in [0.25, 0.3) is 0 Å². The van der Waals surface area contributed by atoms with Crippen molar-refractivity contribution in [2.24, 2.45) is 11.8 Å². The lowest BCUT2D eigenvalue weighted by atomic mass is 9.72. The van der Waals surface area contributed by atoms with Gasteiger partial charge in [-0.25, -0.2) is 0 Å². The molecule has 6 nitrogen and oxygen atoms in total. The Kier molecular flexibility index (Phi) is 7.06. The third-order valence-electron chi connectivity index (χ3n) is 6.82. The third kappa shape index (κ3) is 4.53. The summed E-state index contributed by atoms with van der Waals surface area (Å²) in [5.41, 5.74) is 2.21. The summed E-state index contributed by atoms with van der Waals surface area (Å²) in [4.78, 5) is 27.2. The molecule has 0 aliphatic carbocycles. The maximum absolute atomic E-state index is 12.7. The predicted octanol–water partition coefficient (Wildman–Crippen LogP) is 2.21. The molecule has 4 rings (SSSR count). The first-order valence-electron chi connectivity index (χ1n) is 10.5. The van der Waals surface area contributed by atoms with E-state index in [9.17, 15) is 9.59 Å². The lowest BCUT2D eigenvalue weighted by molar-refractivity contribution is -0.149. The van der Waals surface area contributed by atoms with E-state index in [-0.39, 0.29) is 36.9 Å². The average molecular weight is 422 g/mol. The van der Waals surface area contributed by atoms with Gasteiger partial charge in [0, 0.05) is 25.6 Å². The summed E-state index contributed by atoms with van der Waals surface area (Å²) in [6.45, 7) is 6.47. The molecule has 0 radical (unpaired) electrons. The van der Waals surface area contributed by atoms with Crippen LogP contribution >= 0.6 is 12.4 Å². The number of rotatable bonds is 5. The average Bonchev–Trinajstić information content (AvgIpc) is 2.70. The number of ether oxygens (including phenoxy) is 1. The summed E-state index contributed by atoms with van der Waals surface area (Å²) in [5.74, 6) is 1.85. The molecular formula is C22H32ClN3O3. The number of nitrogens with one attached hydrogen (secondary N) is 2. The molecule has 29 heavy (non-hydrogen) atoms. The zero-order chi connectivity index (χ0) is 19.7. The molecule has 0 spiro atoms. The smallest absolute Gasteiger partial charge is 0.258 e. The highest BCUT2D eigenvalue weighted by Gasteiger charge is 2.47. The highest BCUT2D eigenvalue weighted by Crippen LogP contribution is 2.39. The van der Waals surface area contributed by atoms with E-state index in [4.69, 9.17) is 4.74 Å². The van der Waals surface area contributed by atoms with Crippen molar-refractivity contribution < 1.29 is 14.3 Å². The summed E-state index contributed by atoms with van der Waals surface area (Å²) in [6.07, 6.45) is 3.87. The summed E-state index contributed by atoms with van der Waals surface area (Å²) in [7, 11) is 0. The van der Waals surface area contributed by atoms with Gasteiger partial charge in [-0.3, -0.25) is 9.59 Å². The van der Waals surface area contributed by atoms with E-state index in [2.05, 4.69) is 15.5 Å². The van der Waals surface area contributed by atoms with Gasteiger partial charge < -0.3 is 20.3 Å². The number of piperidine rings is 3. The molecular weight excluding hydrogens is 390 g/mol. The van der Waals surface area contributed by atoms with Crippen molar-refractivity contribution in [3.05, 3.63) is 29.3 Å². The van der Waals surface area contributed by atoms with Crippen LogP contribution in [0.3, 0.4) is 0 Å². The van der Waals surface area contributed by atoms with Crippen LogP contribution in [0.15, 0.2) is 18.2 Å². The molecule has 7 heteroatoms. The minimum atomic E-state index is -0.132. The first-order chi connectivity index (χ1) is 13.5. The second kappa shape index (κ2) is 9.35. The van der Waals surface area contributed by atoms with Gasteiger partial charge in [-0.05, 0) is 68.7 Å². The summed E-state index contributed by atoms with van der Waals surface area (Å²) in [6, 6.07) is 6.28. The number of aryl methyl sites for hydroxylation is 1. The van der Waals surface area contributed by atoms with Gasteiger partial charge in [-0.1, -0.05) is 12.1 Å². The molecule has 2 bridgehead atoms. The van der Waals surface area contributed by atoms with Gasteiger partial charge in [0.05, 0.1) is 6.04 Å². The SMILES string of the molecule is Cc1cccc(OCC(=O)NC[C@H]2[C@@H]3CNC[C@@H](C3)[C@@H]3CCCC(=O)N32)c1C.Cl.